The van der Waals surface area contributed by atoms with E-state index >= 15 is 0 Å². The number of nitrogens with one attached hydrogen (secondary N) is 1. The van der Waals surface area contributed by atoms with Crippen molar-refractivity contribution in [3.8, 4) is 5.75 Å². The third-order valence-electron chi connectivity index (χ3n) is 2.99. The maximum atomic E-state index is 5.75. The molecule has 0 aliphatic heterocycles. The summed E-state index contributed by atoms with van der Waals surface area (Å²) in [4.78, 5) is 4.17. The number of allylic oxidation sites excluding steroid dienone is 3. The van der Waals surface area contributed by atoms with Gasteiger partial charge in [0.1, 0.15) is 11.5 Å². The maximum Gasteiger partial charge on any atom is 0.127 e. The minimum atomic E-state index is 0.669. The number of aromatic nitrogens is 1. The normalized spacial score (nSPS) is 10.9. The van der Waals surface area contributed by atoms with Gasteiger partial charge in [-0.1, -0.05) is 31.4 Å². The average molecular weight is 292 g/mol. The molecule has 1 aromatic carbocycles. The van der Waals surface area contributed by atoms with Gasteiger partial charge >= 0.3 is 0 Å². The first-order valence-corrected chi connectivity index (χ1v) is 7.09. The molecule has 0 spiro atoms. The topological polar surface area (TPSA) is 34.1 Å². The number of hydrogen-bond acceptors (Lipinski definition) is 3. The van der Waals surface area contributed by atoms with Crippen LogP contribution in [0.4, 0.5) is 5.69 Å². The van der Waals surface area contributed by atoms with Gasteiger partial charge in [-0.05, 0) is 48.4 Å². The molecule has 112 valence electrons. The minimum Gasteiger partial charge on any atom is -0.457 e. The van der Waals surface area contributed by atoms with Crippen LogP contribution in [0, 0.1) is 6.92 Å². The Morgan fingerprint density at radius 1 is 1.27 bits per heavy atom. The van der Waals surface area contributed by atoms with Crippen molar-refractivity contribution in [3.63, 3.8) is 0 Å². The molecule has 1 heterocycles. The van der Waals surface area contributed by atoms with Gasteiger partial charge in [0, 0.05) is 18.9 Å². The van der Waals surface area contributed by atoms with Crippen LogP contribution in [0.5, 0.6) is 5.75 Å². The second kappa shape index (κ2) is 7.84. The van der Waals surface area contributed by atoms with Crippen molar-refractivity contribution >= 4 is 5.69 Å². The smallest absolute Gasteiger partial charge is 0.127 e. The van der Waals surface area contributed by atoms with Gasteiger partial charge in [0.15, 0.2) is 0 Å². The van der Waals surface area contributed by atoms with Crippen molar-refractivity contribution in [2.75, 3.05) is 5.32 Å². The van der Waals surface area contributed by atoms with Gasteiger partial charge in [0.05, 0.1) is 5.69 Å². The zero-order chi connectivity index (χ0) is 15.8. The summed E-state index contributed by atoms with van der Waals surface area (Å²) < 4.78 is 5.75. The summed E-state index contributed by atoms with van der Waals surface area (Å²) in [6.07, 6.45) is 8.76. The lowest BCUT2D eigenvalue weighted by atomic mass is 10.2. The van der Waals surface area contributed by atoms with E-state index < -0.39 is 0 Å². The lowest BCUT2D eigenvalue weighted by Gasteiger charge is -2.10. The highest BCUT2D eigenvalue weighted by Crippen LogP contribution is 2.18. The molecule has 0 saturated carbocycles. The zero-order valence-corrected chi connectivity index (χ0v) is 12.8. The molecular formula is C19H20N2O. The zero-order valence-electron chi connectivity index (χ0n) is 12.8. The van der Waals surface area contributed by atoms with Gasteiger partial charge in [-0.15, -0.1) is 0 Å². The second-order valence-electron chi connectivity index (χ2n) is 4.86. The Hall–Kier alpha value is -2.81. The van der Waals surface area contributed by atoms with Crippen molar-refractivity contribution in [2.24, 2.45) is 0 Å². The van der Waals surface area contributed by atoms with Crippen LogP contribution in [-0.2, 0) is 6.54 Å². The Morgan fingerprint density at radius 3 is 2.86 bits per heavy atom. The van der Waals surface area contributed by atoms with Crippen LogP contribution in [0.1, 0.15) is 11.1 Å². The van der Waals surface area contributed by atoms with E-state index in [9.17, 15) is 0 Å². The van der Waals surface area contributed by atoms with Crippen molar-refractivity contribution in [2.45, 2.75) is 13.5 Å². The molecule has 3 heteroatoms. The van der Waals surface area contributed by atoms with E-state index in [0.717, 1.165) is 22.6 Å². The molecular weight excluding hydrogens is 272 g/mol. The third-order valence-corrected chi connectivity index (χ3v) is 2.99. The molecule has 0 amide bonds. The van der Waals surface area contributed by atoms with E-state index in [2.05, 4.69) is 29.5 Å². The van der Waals surface area contributed by atoms with Crippen molar-refractivity contribution in [1.82, 2.24) is 4.98 Å². The molecule has 0 radical (unpaired) electrons. The summed E-state index contributed by atoms with van der Waals surface area (Å²) in [5.41, 5.74) is 3.26. The van der Waals surface area contributed by atoms with Gasteiger partial charge in [-0.2, -0.15) is 0 Å². The first-order chi connectivity index (χ1) is 10.7. The maximum absolute atomic E-state index is 5.75. The fourth-order valence-electron chi connectivity index (χ4n) is 1.97. The number of nitrogens with zero attached hydrogens (tertiary/aromatic N) is 1. The molecule has 2 rings (SSSR count). The number of pyridine rings is 1. The standard InChI is InChI=1S/C19H20N2O/c1-4-7-18(5-2)22-19-9-6-8-16(11-19)13-21-17-10-15(3)12-20-14-17/h4-12,14,21H,1-2,13H2,3H3/b18-7+. The fourth-order valence-corrected chi connectivity index (χ4v) is 1.97. The summed E-state index contributed by atoms with van der Waals surface area (Å²) in [5.74, 6) is 1.44. The van der Waals surface area contributed by atoms with Gasteiger partial charge in [0.2, 0.25) is 0 Å². The van der Waals surface area contributed by atoms with E-state index in [1.165, 1.54) is 0 Å². The third kappa shape index (κ3) is 4.63. The predicted molar refractivity (Wildman–Crippen MR) is 91.8 cm³/mol. The summed E-state index contributed by atoms with van der Waals surface area (Å²) >= 11 is 0. The summed E-state index contributed by atoms with van der Waals surface area (Å²) in [7, 11) is 0. The van der Waals surface area contributed by atoms with Crippen LogP contribution in [0.25, 0.3) is 0 Å². The number of anilines is 1. The molecule has 0 unspecified atom stereocenters. The summed E-state index contributed by atoms with van der Waals surface area (Å²) in [5, 5.41) is 3.35. The lowest BCUT2D eigenvalue weighted by molar-refractivity contribution is 0.444. The number of aryl methyl sites for hydroxylation is 1. The minimum absolute atomic E-state index is 0.669. The van der Waals surface area contributed by atoms with Gasteiger partial charge in [-0.3, -0.25) is 4.98 Å². The van der Waals surface area contributed by atoms with Gasteiger partial charge < -0.3 is 10.1 Å². The Balaban J connectivity index is 2.03. The SMILES string of the molecule is C=C/C=C(\C=C)Oc1cccc(CNc2cncc(C)c2)c1. The number of hydrogen-bond donors (Lipinski definition) is 1. The molecule has 0 aliphatic carbocycles. The molecule has 2 aromatic rings. The fraction of sp³-hybridized carbons (Fsp3) is 0.105. The van der Waals surface area contributed by atoms with Crippen LogP contribution < -0.4 is 10.1 Å². The second-order valence-corrected chi connectivity index (χ2v) is 4.86. The van der Waals surface area contributed by atoms with Crippen LogP contribution in [-0.4, -0.2) is 4.98 Å². The molecule has 0 bridgehead atoms. The van der Waals surface area contributed by atoms with Crippen LogP contribution in [0.15, 0.2) is 79.9 Å². The van der Waals surface area contributed by atoms with Crippen LogP contribution >= 0.6 is 0 Å². The molecule has 0 atom stereocenters. The summed E-state index contributed by atoms with van der Waals surface area (Å²) in [6, 6.07) is 9.99. The first-order valence-electron chi connectivity index (χ1n) is 7.09. The first kappa shape index (κ1) is 15.6. The Morgan fingerprint density at radius 2 is 2.14 bits per heavy atom. The molecule has 3 nitrogen and oxygen atoms in total. The lowest BCUT2D eigenvalue weighted by Crippen LogP contribution is -2.00. The van der Waals surface area contributed by atoms with Gasteiger partial charge in [-0.25, -0.2) is 0 Å². The number of ether oxygens (including phenoxy) is 1. The Labute approximate surface area is 131 Å². The predicted octanol–water partition coefficient (Wildman–Crippen LogP) is 4.64. The van der Waals surface area contributed by atoms with E-state index in [1.54, 1.807) is 18.2 Å². The highest BCUT2D eigenvalue weighted by atomic mass is 16.5. The van der Waals surface area contributed by atoms with E-state index in [1.807, 2.05) is 43.6 Å². The van der Waals surface area contributed by atoms with E-state index in [-0.39, 0.29) is 0 Å². The van der Waals surface area contributed by atoms with Crippen molar-refractivity contribution in [3.05, 3.63) is 91.0 Å². The average Bonchev–Trinajstić information content (AvgIpc) is 2.53. The monoisotopic (exact) mass is 292 g/mol. The largest absolute Gasteiger partial charge is 0.457 e. The highest BCUT2D eigenvalue weighted by Gasteiger charge is 2.00. The van der Waals surface area contributed by atoms with Crippen molar-refractivity contribution in [1.29, 1.82) is 0 Å². The molecule has 22 heavy (non-hydrogen) atoms. The summed E-state index contributed by atoms with van der Waals surface area (Å²) in [6.45, 7) is 10.1. The number of rotatable bonds is 7. The molecule has 1 N–H and O–H groups in total. The quantitative estimate of drug-likeness (QED) is 0.596. The van der Waals surface area contributed by atoms with Crippen LogP contribution in [0.3, 0.4) is 0 Å². The highest BCUT2D eigenvalue weighted by molar-refractivity contribution is 5.43. The molecule has 0 saturated heterocycles. The Kier molecular flexibility index (Phi) is 5.55. The van der Waals surface area contributed by atoms with E-state index in [0.29, 0.717) is 12.3 Å². The molecule has 0 aliphatic rings. The van der Waals surface area contributed by atoms with Crippen LogP contribution in [0.2, 0.25) is 0 Å². The van der Waals surface area contributed by atoms with E-state index in [4.69, 9.17) is 4.74 Å². The Bertz CT molecular complexity index is 689. The number of benzene rings is 1. The van der Waals surface area contributed by atoms with Gasteiger partial charge in [0.25, 0.3) is 0 Å². The molecule has 0 fully saturated rings. The molecule has 1 aromatic heterocycles. The van der Waals surface area contributed by atoms with Crippen molar-refractivity contribution < 1.29 is 4.74 Å².